The van der Waals surface area contributed by atoms with Crippen molar-refractivity contribution in [3.8, 4) is 0 Å². The van der Waals surface area contributed by atoms with E-state index in [2.05, 4.69) is 37.2 Å². The van der Waals surface area contributed by atoms with Crippen LogP contribution in [0.1, 0.15) is 54.9 Å². The molecule has 62 heavy (non-hydrogen) atoms. The molecule has 344 valence electrons. The van der Waals surface area contributed by atoms with Gasteiger partial charge < -0.3 is 62.8 Å². The monoisotopic (exact) mass is 877 g/mol. The van der Waals surface area contributed by atoms with Crippen LogP contribution in [-0.2, 0) is 33.6 Å². The van der Waals surface area contributed by atoms with Gasteiger partial charge in [-0.15, -0.1) is 0 Å². The van der Waals surface area contributed by atoms with E-state index >= 15 is 0 Å². The lowest BCUT2D eigenvalue weighted by atomic mass is 10.1. The van der Waals surface area contributed by atoms with Crippen molar-refractivity contribution in [2.45, 2.75) is 50.9 Å². The Balaban J connectivity index is 1.74. The molecule has 24 nitrogen and oxygen atoms in total. The summed E-state index contributed by atoms with van der Waals surface area (Å²) in [5.74, 6) is -8.44. The molecule has 0 aliphatic carbocycles. The third kappa shape index (κ3) is 21.8. The Morgan fingerprint density at radius 1 is 0.694 bits per heavy atom. The topological polar surface area (TPSA) is 355 Å². The second-order valence-electron chi connectivity index (χ2n) is 14.5. The highest BCUT2D eigenvalue weighted by Crippen LogP contribution is 2.16. The van der Waals surface area contributed by atoms with Crippen LogP contribution in [0.4, 0.5) is 5.69 Å². The fraction of sp³-hybridized carbons (Fsp3) is 0.553. The van der Waals surface area contributed by atoms with Crippen molar-refractivity contribution >= 4 is 59.5 Å². The maximum absolute atomic E-state index is 12.9. The van der Waals surface area contributed by atoms with Gasteiger partial charge in [0.2, 0.25) is 11.8 Å². The SMILES string of the molecule is CC1(NCCCNc2ccc(C(=O)NC[C@H](NC(=O)CCCCCNC(=O)CN(CCN(CCN(CC(=O)O)CC(=O)O)CC(=O)O)CC(=O)O)C(=O)O)cc2C=N)NC=CN1. The molecular weight excluding hydrogens is 818 g/mol. The van der Waals surface area contributed by atoms with Gasteiger partial charge >= 0.3 is 29.8 Å². The zero-order valence-electron chi connectivity index (χ0n) is 34.6. The van der Waals surface area contributed by atoms with Gasteiger partial charge in [-0.05, 0) is 44.4 Å². The van der Waals surface area contributed by atoms with Gasteiger partial charge in [-0.2, -0.15) is 0 Å². The Hall–Kier alpha value is -6.37. The molecule has 0 unspecified atom stereocenters. The van der Waals surface area contributed by atoms with Crippen molar-refractivity contribution in [2.24, 2.45) is 0 Å². The lowest BCUT2D eigenvalue weighted by Gasteiger charge is -2.27. The molecule has 24 heteroatoms. The number of aliphatic carboxylic acids is 5. The van der Waals surface area contributed by atoms with Crippen LogP contribution in [0.15, 0.2) is 30.6 Å². The number of carbonyl (C=O) groups excluding carboxylic acids is 3. The average Bonchev–Trinajstić information content (AvgIpc) is 3.63. The maximum atomic E-state index is 12.9. The first-order valence-electron chi connectivity index (χ1n) is 19.8. The van der Waals surface area contributed by atoms with Gasteiger partial charge in [0, 0.05) is 94.2 Å². The van der Waals surface area contributed by atoms with E-state index < -0.39 is 92.1 Å². The fourth-order valence-electron chi connectivity index (χ4n) is 6.06. The first kappa shape index (κ1) is 51.8. The van der Waals surface area contributed by atoms with E-state index in [-0.39, 0.29) is 51.3 Å². The van der Waals surface area contributed by atoms with E-state index in [0.717, 1.165) is 17.5 Å². The van der Waals surface area contributed by atoms with Crippen LogP contribution in [0.5, 0.6) is 0 Å². The highest BCUT2D eigenvalue weighted by atomic mass is 16.4. The van der Waals surface area contributed by atoms with Crippen molar-refractivity contribution in [1.29, 1.82) is 5.41 Å². The molecule has 2 rings (SSSR count). The van der Waals surface area contributed by atoms with E-state index in [9.17, 15) is 53.7 Å². The molecule has 0 saturated carbocycles. The smallest absolute Gasteiger partial charge is 0.328 e. The number of benzene rings is 1. The van der Waals surface area contributed by atoms with Crippen molar-refractivity contribution in [3.63, 3.8) is 0 Å². The minimum Gasteiger partial charge on any atom is -0.480 e. The zero-order chi connectivity index (χ0) is 46.1. The fourth-order valence-corrected chi connectivity index (χ4v) is 6.06. The highest BCUT2D eigenvalue weighted by molar-refractivity contribution is 5.98. The van der Waals surface area contributed by atoms with Gasteiger partial charge in [0.15, 0.2) is 5.79 Å². The molecule has 1 aliphatic heterocycles. The van der Waals surface area contributed by atoms with E-state index in [0.29, 0.717) is 43.6 Å². The minimum atomic E-state index is -1.41. The summed E-state index contributed by atoms with van der Waals surface area (Å²) >= 11 is 0. The Bertz CT molecular complexity index is 1720. The molecular formula is C38H59N11O13. The summed E-state index contributed by atoms with van der Waals surface area (Å²) in [6, 6.07) is 3.29. The number of carboxylic acids is 5. The van der Waals surface area contributed by atoms with Crippen molar-refractivity contribution < 1.29 is 63.9 Å². The van der Waals surface area contributed by atoms with Crippen LogP contribution < -0.4 is 37.2 Å². The first-order valence-corrected chi connectivity index (χ1v) is 19.8. The molecule has 1 aromatic carbocycles. The molecule has 3 amide bonds. The molecule has 1 atom stereocenters. The predicted octanol–water partition coefficient (Wildman–Crippen LogP) is -2.37. The number of amides is 3. The molecule has 1 heterocycles. The van der Waals surface area contributed by atoms with E-state index in [4.69, 9.17) is 15.6 Å². The van der Waals surface area contributed by atoms with Crippen LogP contribution in [-0.4, -0.2) is 191 Å². The summed E-state index contributed by atoms with van der Waals surface area (Å²) in [5.41, 5.74) is 1.30. The van der Waals surface area contributed by atoms with Crippen molar-refractivity contribution in [2.75, 3.05) is 90.4 Å². The highest BCUT2D eigenvalue weighted by Gasteiger charge is 2.24. The van der Waals surface area contributed by atoms with Gasteiger partial charge in [-0.3, -0.25) is 53.6 Å². The van der Waals surface area contributed by atoms with Crippen molar-refractivity contribution in [1.82, 2.24) is 46.6 Å². The summed E-state index contributed by atoms with van der Waals surface area (Å²) in [6.07, 6.45) is 6.69. The molecule has 0 spiro atoms. The number of rotatable bonds is 34. The Kier molecular flexibility index (Phi) is 22.9. The van der Waals surface area contributed by atoms with Gasteiger partial charge in [-0.1, -0.05) is 6.42 Å². The normalized spacial score (nSPS) is 13.2. The number of carboxylic acid groups (broad SMARTS) is 5. The van der Waals surface area contributed by atoms with E-state index in [1.165, 1.54) is 15.9 Å². The molecule has 0 radical (unpaired) electrons. The number of nitrogens with one attached hydrogen (secondary N) is 8. The average molecular weight is 878 g/mol. The van der Waals surface area contributed by atoms with E-state index in [1.54, 1.807) is 24.5 Å². The number of hydrogen-bond donors (Lipinski definition) is 13. The van der Waals surface area contributed by atoms with Gasteiger partial charge in [0.05, 0.1) is 32.7 Å². The summed E-state index contributed by atoms with van der Waals surface area (Å²) in [6.45, 7) is 0.275. The Labute approximate surface area is 357 Å². The van der Waals surface area contributed by atoms with Crippen LogP contribution in [0.3, 0.4) is 0 Å². The number of hydrogen-bond acceptors (Lipinski definition) is 16. The quantitative estimate of drug-likeness (QED) is 0.0254. The first-order chi connectivity index (χ1) is 29.4. The van der Waals surface area contributed by atoms with Crippen LogP contribution in [0, 0.1) is 5.41 Å². The minimum absolute atomic E-state index is 0.0232. The van der Waals surface area contributed by atoms with Gasteiger partial charge in [-0.25, -0.2) is 4.79 Å². The molecule has 0 bridgehead atoms. The van der Waals surface area contributed by atoms with Crippen LogP contribution >= 0.6 is 0 Å². The molecule has 1 aliphatic rings. The molecule has 1 aromatic rings. The summed E-state index contributed by atoms with van der Waals surface area (Å²) in [5, 5.41) is 74.6. The van der Waals surface area contributed by atoms with E-state index in [1.807, 2.05) is 6.92 Å². The Morgan fingerprint density at radius 3 is 1.82 bits per heavy atom. The third-order valence-electron chi connectivity index (χ3n) is 9.21. The number of carbonyl (C=O) groups is 8. The van der Waals surface area contributed by atoms with Gasteiger partial charge in [0.1, 0.15) is 6.04 Å². The predicted molar refractivity (Wildman–Crippen MR) is 222 cm³/mol. The van der Waals surface area contributed by atoms with Gasteiger partial charge in [0.25, 0.3) is 5.91 Å². The summed E-state index contributed by atoms with van der Waals surface area (Å²) in [7, 11) is 0. The summed E-state index contributed by atoms with van der Waals surface area (Å²) < 4.78 is 0. The maximum Gasteiger partial charge on any atom is 0.328 e. The second-order valence-corrected chi connectivity index (χ2v) is 14.5. The van der Waals surface area contributed by atoms with Crippen LogP contribution in [0.25, 0.3) is 0 Å². The molecule has 0 aromatic heterocycles. The Morgan fingerprint density at radius 2 is 1.26 bits per heavy atom. The van der Waals surface area contributed by atoms with Crippen LogP contribution in [0.2, 0.25) is 0 Å². The third-order valence-corrected chi connectivity index (χ3v) is 9.21. The number of anilines is 1. The molecule has 0 fully saturated rings. The zero-order valence-corrected chi connectivity index (χ0v) is 34.6. The lowest BCUT2D eigenvalue weighted by Crippen LogP contribution is -2.58. The second kappa shape index (κ2) is 27.5. The van der Waals surface area contributed by atoms with Crippen molar-refractivity contribution in [3.05, 3.63) is 41.7 Å². The lowest BCUT2D eigenvalue weighted by molar-refractivity contribution is -0.143. The number of unbranched alkanes of at least 4 members (excludes halogenated alkanes) is 2. The number of nitrogens with zero attached hydrogens (tertiary/aromatic N) is 3. The molecule has 13 N–H and O–H groups in total. The largest absolute Gasteiger partial charge is 0.480 e. The standard InChI is InChI=1S/C38H59N11O13/c1-38(44-12-13-45-38)43-11-5-10-40-28-8-7-26(18-27(28)19-39)36(60)42-20-29(37(61)62)46-30(50)6-3-2-4-9-41-31(51)21-48(23-33(54)55)16-14-47(22-32(52)53)15-17-49(24-34(56)57)25-35(58)59/h7-8,12-13,18-19,29,39-40,43-45H,2-6,9-11,14-17,20-25H2,1H3,(H,41,51)(H,42,60)(H,46,50)(H,52,53)(H,54,55)(H,56,57)(H,58,59)(H,61,62)/t29-/m0/s1. The summed E-state index contributed by atoms with van der Waals surface area (Å²) in [4.78, 5) is 98.7. The molecule has 0 saturated heterocycles.